The summed E-state index contributed by atoms with van der Waals surface area (Å²) in [6, 6.07) is 98.1. The fraction of sp³-hybridized carbons (Fsp3) is 0. The van der Waals surface area contributed by atoms with Gasteiger partial charge >= 0.3 is 0 Å². The first-order valence-corrected chi connectivity index (χ1v) is 24.2. The van der Waals surface area contributed by atoms with Gasteiger partial charge in [0.05, 0.1) is 11.0 Å². The number of hydrogen-bond donors (Lipinski definition) is 0. The number of fused-ring (bicyclic) bond motifs is 11. The molecule has 0 aliphatic rings. The van der Waals surface area contributed by atoms with Gasteiger partial charge in [0, 0.05) is 38.9 Å². The highest BCUT2D eigenvalue weighted by molar-refractivity contribution is 6.24. The monoisotopic (exact) mass is 888 g/mol. The Morgan fingerprint density at radius 2 is 0.786 bits per heavy atom. The zero-order valence-corrected chi connectivity index (χ0v) is 38.3. The van der Waals surface area contributed by atoms with Gasteiger partial charge in [-0.15, -0.1) is 0 Å². The van der Waals surface area contributed by atoms with Crippen molar-refractivity contribution in [1.29, 1.82) is 0 Å². The summed E-state index contributed by atoms with van der Waals surface area (Å²) in [7, 11) is 0. The first-order chi connectivity index (χ1) is 34.7. The molecule has 0 amide bonds. The molecule has 14 aromatic rings. The molecule has 0 N–H and O–H groups in total. The molecule has 0 fully saturated rings. The molecule has 0 bridgehead atoms. The molecule has 0 radical (unpaired) electrons. The highest BCUT2D eigenvalue weighted by Gasteiger charge is 2.21. The smallest absolute Gasteiger partial charge is 0.0625 e. The average molecular weight is 889 g/mol. The van der Waals surface area contributed by atoms with E-state index in [1.807, 2.05) is 0 Å². The van der Waals surface area contributed by atoms with Crippen LogP contribution in [0.1, 0.15) is 0 Å². The van der Waals surface area contributed by atoms with E-state index >= 15 is 0 Å². The van der Waals surface area contributed by atoms with Gasteiger partial charge in [-0.25, -0.2) is 0 Å². The number of anilines is 3. The third kappa shape index (κ3) is 6.49. The maximum Gasteiger partial charge on any atom is 0.0625 e. The van der Waals surface area contributed by atoms with Crippen molar-refractivity contribution in [3.63, 3.8) is 0 Å². The SMILES string of the molecule is c1ccc(-n2c3ccccc3c3c(-c4cccc(N(c5ccc(-c6ccc7c(ccc8ccccc87)c6)cc5)c5ccc(-c6cc7ccccc7c7ccccc67)cc5)c4)cc4ccccc4c32)cc1. The van der Waals surface area contributed by atoms with E-state index in [0.717, 1.165) is 28.3 Å². The molecule has 0 unspecified atom stereocenters. The van der Waals surface area contributed by atoms with Crippen LogP contribution in [-0.2, 0) is 0 Å². The normalized spacial score (nSPS) is 11.7. The second kappa shape index (κ2) is 16.2. The summed E-state index contributed by atoms with van der Waals surface area (Å²) in [4.78, 5) is 2.41. The van der Waals surface area contributed by atoms with Crippen LogP contribution >= 0.6 is 0 Å². The molecule has 1 aromatic heterocycles. The van der Waals surface area contributed by atoms with Crippen molar-refractivity contribution in [2.45, 2.75) is 0 Å². The predicted molar refractivity (Wildman–Crippen MR) is 299 cm³/mol. The summed E-state index contributed by atoms with van der Waals surface area (Å²) in [6.45, 7) is 0. The fourth-order valence-electron chi connectivity index (χ4n) is 11.2. The molecule has 0 aliphatic heterocycles. The Balaban J connectivity index is 0.935. The van der Waals surface area contributed by atoms with Crippen molar-refractivity contribution in [1.82, 2.24) is 4.57 Å². The molecule has 14 rings (SSSR count). The summed E-state index contributed by atoms with van der Waals surface area (Å²) >= 11 is 0. The van der Waals surface area contributed by atoms with E-state index in [2.05, 4.69) is 276 Å². The lowest BCUT2D eigenvalue weighted by Gasteiger charge is -2.27. The zero-order chi connectivity index (χ0) is 46.1. The highest BCUT2D eigenvalue weighted by Crippen LogP contribution is 2.45. The van der Waals surface area contributed by atoms with Crippen molar-refractivity contribution < 1.29 is 0 Å². The average Bonchev–Trinajstić information content (AvgIpc) is 3.79. The quantitative estimate of drug-likeness (QED) is 0.145. The number of benzene rings is 13. The summed E-state index contributed by atoms with van der Waals surface area (Å²) in [5.41, 5.74) is 14.0. The molecule has 0 saturated carbocycles. The predicted octanol–water partition coefficient (Wildman–Crippen LogP) is 19.0. The van der Waals surface area contributed by atoms with E-state index in [1.165, 1.54) is 103 Å². The van der Waals surface area contributed by atoms with Crippen molar-refractivity contribution in [3.8, 4) is 39.1 Å². The zero-order valence-electron chi connectivity index (χ0n) is 38.3. The number of hydrogen-bond acceptors (Lipinski definition) is 1. The molecule has 2 nitrogen and oxygen atoms in total. The minimum Gasteiger partial charge on any atom is -0.310 e. The molecule has 70 heavy (non-hydrogen) atoms. The molecule has 0 aliphatic carbocycles. The van der Waals surface area contributed by atoms with Gasteiger partial charge in [-0.3, -0.25) is 0 Å². The first-order valence-electron chi connectivity index (χ1n) is 24.2. The summed E-state index contributed by atoms with van der Waals surface area (Å²) in [5, 5.41) is 15.0. The molecule has 0 spiro atoms. The summed E-state index contributed by atoms with van der Waals surface area (Å²) < 4.78 is 2.45. The van der Waals surface area contributed by atoms with E-state index in [0.29, 0.717) is 0 Å². The van der Waals surface area contributed by atoms with E-state index in [1.54, 1.807) is 0 Å². The molecular weight excluding hydrogens is 845 g/mol. The number of para-hydroxylation sites is 2. The molecule has 2 heteroatoms. The lowest BCUT2D eigenvalue weighted by atomic mass is 9.93. The third-order valence-electron chi connectivity index (χ3n) is 14.5. The minimum absolute atomic E-state index is 1.08. The van der Waals surface area contributed by atoms with Crippen LogP contribution in [0.3, 0.4) is 0 Å². The van der Waals surface area contributed by atoms with E-state index < -0.39 is 0 Å². The van der Waals surface area contributed by atoms with Crippen LogP contribution in [0.2, 0.25) is 0 Å². The Morgan fingerprint density at radius 1 is 0.257 bits per heavy atom. The van der Waals surface area contributed by atoms with Crippen LogP contribution < -0.4 is 4.90 Å². The van der Waals surface area contributed by atoms with Crippen molar-refractivity contribution >= 4 is 92.7 Å². The van der Waals surface area contributed by atoms with Gasteiger partial charge in [0.1, 0.15) is 0 Å². The van der Waals surface area contributed by atoms with Crippen molar-refractivity contribution in [3.05, 3.63) is 267 Å². The van der Waals surface area contributed by atoms with Gasteiger partial charge < -0.3 is 9.47 Å². The topological polar surface area (TPSA) is 8.17 Å². The largest absolute Gasteiger partial charge is 0.310 e. The summed E-state index contributed by atoms with van der Waals surface area (Å²) in [5.74, 6) is 0. The van der Waals surface area contributed by atoms with Crippen molar-refractivity contribution in [2.24, 2.45) is 0 Å². The first kappa shape index (κ1) is 39.9. The Labute approximate surface area is 406 Å². The van der Waals surface area contributed by atoms with Gasteiger partial charge in [-0.1, -0.05) is 194 Å². The summed E-state index contributed by atoms with van der Waals surface area (Å²) in [6.07, 6.45) is 0. The second-order valence-corrected chi connectivity index (χ2v) is 18.4. The van der Waals surface area contributed by atoms with Gasteiger partial charge in [0.15, 0.2) is 0 Å². The molecule has 1 heterocycles. The second-order valence-electron chi connectivity index (χ2n) is 18.4. The number of rotatable bonds is 7. The number of nitrogens with zero attached hydrogens (tertiary/aromatic N) is 2. The van der Waals surface area contributed by atoms with Gasteiger partial charge in [-0.05, 0) is 155 Å². The van der Waals surface area contributed by atoms with Crippen molar-refractivity contribution in [2.75, 3.05) is 4.90 Å². The van der Waals surface area contributed by atoms with Crippen LogP contribution in [0.25, 0.3) is 115 Å². The Hall–Kier alpha value is -9.24. The Bertz CT molecular complexity index is 4340. The van der Waals surface area contributed by atoms with Crippen LogP contribution in [0.5, 0.6) is 0 Å². The Kier molecular flexibility index (Phi) is 9.25. The van der Waals surface area contributed by atoms with Crippen LogP contribution in [0.4, 0.5) is 17.1 Å². The maximum atomic E-state index is 2.45. The molecular formula is C68H44N2. The minimum atomic E-state index is 1.08. The van der Waals surface area contributed by atoms with E-state index in [4.69, 9.17) is 0 Å². The van der Waals surface area contributed by atoms with Gasteiger partial charge in [-0.2, -0.15) is 0 Å². The third-order valence-corrected chi connectivity index (χ3v) is 14.5. The lowest BCUT2D eigenvalue weighted by molar-refractivity contribution is 1.19. The number of aromatic nitrogens is 1. The lowest BCUT2D eigenvalue weighted by Crippen LogP contribution is -2.10. The van der Waals surface area contributed by atoms with E-state index in [-0.39, 0.29) is 0 Å². The maximum absolute atomic E-state index is 2.45. The van der Waals surface area contributed by atoms with E-state index in [9.17, 15) is 0 Å². The molecule has 0 atom stereocenters. The van der Waals surface area contributed by atoms with Gasteiger partial charge in [0.25, 0.3) is 0 Å². The van der Waals surface area contributed by atoms with Gasteiger partial charge in [0.2, 0.25) is 0 Å². The highest BCUT2D eigenvalue weighted by atomic mass is 15.1. The van der Waals surface area contributed by atoms with Crippen LogP contribution in [0.15, 0.2) is 267 Å². The van der Waals surface area contributed by atoms with Crippen LogP contribution in [0, 0.1) is 0 Å². The molecule has 13 aromatic carbocycles. The molecule has 0 saturated heterocycles. The Morgan fingerprint density at radius 3 is 1.54 bits per heavy atom. The fourth-order valence-corrected chi connectivity index (χ4v) is 11.2. The molecule has 326 valence electrons. The van der Waals surface area contributed by atoms with Crippen LogP contribution in [-0.4, -0.2) is 4.57 Å². The standard InChI is InChI=1S/C68H44N2/c1-2-19-53(20-3-1)70-66-28-13-12-27-63(66)67-65(44-51-17-6-9-24-60(51)68(67)70)49-18-14-21-56(42-49)69(54-36-31-45(32-37-54)48-35-40-59-52(41-48)30-29-46-15-4-7-22-57(46)59)55-38-33-47(34-39-55)64-43-50-16-5-8-23-58(50)61-25-10-11-26-62(61)64/h1-44H.